The number of hydrogen-bond acceptors (Lipinski definition) is 1. The SMILES string of the molecule is CC(C)(C)c1cc(-c2c3ccccc3c(-c3c(-c4ccccc4)cccc3-c3ccc4oc5ccccc5c4c3)c3ccccc23)cc(C(C)(C)C)c1. The van der Waals surface area contributed by atoms with Gasteiger partial charge in [-0.25, -0.2) is 0 Å². The fourth-order valence-corrected chi connectivity index (χ4v) is 8.16. The van der Waals surface area contributed by atoms with E-state index in [1.165, 1.54) is 77.2 Å². The summed E-state index contributed by atoms with van der Waals surface area (Å²) in [5.41, 5.74) is 14.4. The van der Waals surface area contributed by atoms with Crippen LogP contribution in [0.3, 0.4) is 0 Å². The van der Waals surface area contributed by atoms with Crippen molar-refractivity contribution in [2.75, 3.05) is 0 Å². The van der Waals surface area contributed by atoms with E-state index in [2.05, 4.69) is 193 Å². The van der Waals surface area contributed by atoms with E-state index in [1.807, 2.05) is 6.07 Å². The Kier molecular flexibility index (Phi) is 7.68. The van der Waals surface area contributed by atoms with Crippen LogP contribution in [0, 0.1) is 0 Å². The zero-order valence-corrected chi connectivity index (χ0v) is 31.4. The number of furan rings is 1. The second-order valence-electron chi connectivity index (χ2n) is 16.5. The van der Waals surface area contributed by atoms with E-state index in [9.17, 15) is 0 Å². The number of para-hydroxylation sites is 1. The summed E-state index contributed by atoms with van der Waals surface area (Å²) < 4.78 is 6.28. The van der Waals surface area contributed by atoms with Crippen molar-refractivity contribution in [3.8, 4) is 44.5 Å². The molecule has 0 spiro atoms. The Morgan fingerprint density at radius 2 is 0.811 bits per heavy atom. The first-order chi connectivity index (χ1) is 25.6. The summed E-state index contributed by atoms with van der Waals surface area (Å²) >= 11 is 0. The van der Waals surface area contributed by atoms with E-state index >= 15 is 0 Å². The van der Waals surface area contributed by atoms with Gasteiger partial charge >= 0.3 is 0 Å². The van der Waals surface area contributed by atoms with Gasteiger partial charge in [0.2, 0.25) is 0 Å². The van der Waals surface area contributed by atoms with E-state index in [1.54, 1.807) is 0 Å². The first-order valence-corrected chi connectivity index (χ1v) is 18.8. The minimum Gasteiger partial charge on any atom is -0.456 e. The Morgan fingerprint density at radius 3 is 1.40 bits per heavy atom. The average molecular weight is 685 g/mol. The highest BCUT2D eigenvalue weighted by Crippen LogP contribution is 2.50. The third-order valence-corrected chi connectivity index (χ3v) is 11.0. The molecule has 0 fully saturated rings. The molecule has 8 aromatic carbocycles. The second kappa shape index (κ2) is 12.3. The smallest absolute Gasteiger partial charge is 0.135 e. The molecular formula is C52H44O. The van der Waals surface area contributed by atoms with Crippen LogP contribution in [0.5, 0.6) is 0 Å². The summed E-state index contributed by atoms with van der Waals surface area (Å²) in [6.07, 6.45) is 0. The lowest BCUT2D eigenvalue weighted by Gasteiger charge is -2.27. The molecule has 258 valence electrons. The molecule has 0 atom stereocenters. The summed E-state index contributed by atoms with van der Waals surface area (Å²) in [6, 6.07) is 58.1. The van der Waals surface area contributed by atoms with Gasteiger partial charge in [-0.1, -0.05) is 181 Å². The van der Waals surface area contributed by atoms with Gasteiger partial charge in [0, 0.05) is 10.8 Å². The number of fused-ring (bicyclic) bond motifs is 5. The highest BCUT2D eigenvalue weighted by Gasteiger charge is 2.25. The maximum atomic E-state index is 6.28. The monoisotopic (exact) mass is 684 g/mol. The van der Waals surface area contributed by atoms with Crippen LogP contribution in [0.25, 0.3) is 88.0 Å². The van der Waals surface area contributed by atoms with Crippen LogP contribution in [-0.4, -0.2) is 0 Å². The maximum Gasteiger partial charge on any atom is 0.135 e. The summed E-state index contributed by atoms with van der Waals surface area (Å²) in [6.45, 7) is 13.9. The quantitative estimate of drug-likeness (QED) is 0.168. The number of rotatable bonds is 4. The Morgan fingerprint density at radius 1 is 0.321 bits per heavy atom. The topological polar surface area (TPSA) is 13.1 Å². The zero-order valence-electron chi connectivity index (χ0n) is 31.4. The maximum absolute atomic E-state index is 6.28. The summed E-state index contributed by atoms with van der Waals surface area (Å²) in [5.74, 6) is 0. The lowest BCUT2D eigenvalue weighted by molar-refractivity contribution is 0.569. The molecule has 0 saturated heterocycles. The van der Waals surface area contributed by atoms with Gasteiger partial charge in [0.05, 0.1) is 0 Å². The van der Waals surface area contributed by atoms with Gasteiger partial charge in [0.1, 0.15) is 11.2 Å². The molecule has 9 aromatic rings. The van der Waals surface area contributed by atoms with Crippen LogP contribution in [0.2, 0.25) is 0 Å². The molecule has 53 heavy (non-hydrogen) atoms. The van der Waals surface area contributed by atoms with Crippen LogP contribution < -0.4 is 0 Å². The molecule has 1 nitrogen and oxygen atoms in total. The number of benzene rings is 8. The predicted octanol–water partition coefficient (Wildman–Crippen LogP) is 15.2. The molecule has 0 aliphatic rings. The average Bonchev–Trinajstić information content (AvgIpc) is 3.54. The first kappa shape index (κ1) is 33.0. The van der Waals surface area contributed by atoms with E-state index in [-0.39, 0.29) is 10.8 Å². The Hall–Kier alpha value is -5.92. The third kappa shape index (κ3) is 5.63. The Balaban J connectivity index is 1.41. The molecule has 1 aromatic heterocycles. The molecule has 0 aliphatic heterocycles. The molecular weight excluding hydrogens is 641 g/mol. The molecule has 1 heteroatoms. The largest absolute Gasteiger partial charge is 0.456 e. The van der Waals surface area contributed by atoms with Crippen molar-refractivity contribution in [1.29, 1.82) is 0 Å². The van der Waals surface area contributed by atoms with Crippen molar-refractivity contribution in [2.24, 2.45) is 0 Å². The second-order valence-corrected chi connectivity index (χ2v) is 16.5. The third-order valence-electron chi connectivity index (χ3n) is 11.0. The number of hydrogen-bond donors (Lipinski definition) is 0. The van der Waals surface area contributed by atoms with Gasteiger partial charge < -0.3 is 4.42 Å². The molecule has 0 amide bonds. The fraction of sp³-hybridized carbons (Fsp3) is 0.154. The van der Waals surface area contributed by atoms with Gasteiger partial charge in [0.15, 0.2) is 0 Å². The van der Waals surface area contributed by atoms with Gasteiger partial charge in [-0.3, -0.25) is 0 Å². The fourth-order valence-electron chi connectivity index (χ4n) is 8.16. The van der Waals surface area contributed by atoms with Crippen molar-refractivity contribution < 1.29 is 4.42 Å². The zero-order chi connectivity index (χ0) is 36.5. The van der Waals surface area contributed by atoms with Crippen LogP contribution in [0.4, 0.5) is 0 Å². The van der Waals surface area contributed by atoms with Crippen molar-refractivity contribution in [2.45, 2.75) is 52.4 Å². The summed E-state index contributed by atoms with van der Waals surface area (Å²) in [4.78, 5) is 0. The van der Waals surface area contributed by atoms with Gasteiger partial charge in [-0.05, 0) is 106 Å². The summed E-state index contributed by atoms with van der Waals surface area (Å²) in [5, 5.41) is 7.29. The van der Waals surface area contributed by atoms with Crippen molar-refractivity contribution >= 4 is 43.5 Å². The lowest BCUT2D eigenvalue weighted by Crippen LogP contribution is -2.16. The van der Waals surface area contributed by atoms with Gasteiger partial charge in [-0.2, -0.15) is 0 Å². The highest BCUT2D eigenvalue weighted by molar-refractivity contribution is 6.24. The van der Waals surface area contributed by atoms with Gasteiger partial charge in [-0.15, -0.1) is 0 Å². The molecule has 0 radical (unpaired) electrons. The van der Waals surface area contributed by atoms with E-state index < -0.39 is 0 Å². The molecule has 0 aliphatic carbocycles. The highest BCUT2D eigenvalue weighted by atomic mass is 16.3. The molecule has 0 N–H and O–H groups in total. The molecule has 0 bridgehead atoms. The standard InChI is InChI=1S/C52H44O/c1-51(2,3)36-29-35(30-37(32-36)52(4,5)6)48-41-20-10-12-22-43(41)50(44-23-13-11-21-42(44)48)49-38(33-17-8-7-9-18-33)24-16-25-39(49)34-27-28-47-45(31-34)40-19-14-15-26-46(40)53-47/h7-32H,1-6H3. The molecule has 0 saturated carbocycles. The Labute approximate surface area is 312 Å². The lowest BCUT2D eigenvalue weighted by atomic mass is 9.77. The molecule has 1 heterocycles. The van der Waals surface area contributed by atoms with E-state index in [4.69, 9.17) is 4.42 Å². The van der Waals surface area contributed by atoms with Crippen LogP contribution >= 0.6 is 0 Å². The van der Waals surface area contributed by atoms with Crippen molar-refractivity contribution in [3.05, 3.63) is 169 Å². The summed E-state index contributed by atoms with van der Waals surface area (Å²) in [7, 11) is 0. The van der Waals surface area contributed by atoms with Crippen LogP contribution in [0.15, 0.2) is 162 Å². The van der Waals surface area contributed by atoms with Crippen molar-refractivity contribution in [3.63, 3.8) is 0 Å². The molecule has 0 unspecified atom stereocenters. The van der Waals surface area contributed by atoms with Crippen molar-refractivity contribution in [1.82, 2.24) is 0 Å². The van der Waals surface area contributed by atoms with Gasteiger partial charge in [0.25, 0.3) is 0 Å². The predicted molar refractivity (Wildman–Crippen MR) is 228 cm³/mol. The van der Waals surface area contributed by atoms with E-state index in [0.29, 0.717) is 0 Å². The van der Waals surface area contributed by atoms with Crippen LogP contribution in [-0.2, 0) is 10.8 Å². The van der Waals surface area contributed by atoms with Crippen LogP contribution in [0.1, 0.15) is 52.7 Å². The Bertz CT molecular complexity index is 2750. The normalized spacial score (nSPS) is 12.3. The van der Waals surface area contributed by atoms with E-state index in [0.717, 1.165) is 21.9 Å². The first-order valence-electron chi connectivity index (χ1n) is 18.8. The molecule has 9 rings (SSSR count). The minimum atomic E-state index is 0.00645. The minimum absolute atomic E-state index is 0.00645.